The van der Waals surface area contributed by atoms with Crippen molar-refractivity contribution in [1.29, 1.82) is 0 Å². The van der Waals surface area contributed by atoms with E-state index in [1.54, 1.807) is 6.92 Å². The fourth-order valence-electron chi connectivity index (χ4n) is 1.28. The van der Waals surface area contributed by atoms with Gasteiger partial charge in [0.25, 0.3) is 12.1 Å². The molecule has 1 rings (SSSR count). The first kappa shape index (κ1) is 13.8. The minimum Gasteiger partial charge on any atom is -0.376 e. The highest BCUT2D eigenvalue weighted by atomic mass is 79.9. The topological polar surface area (TPSA) is 55.2 Å². The van der Waals surface area contributed by atoms with Crippen LogP contribution in [-0.4, -0.2) is 17.4 Å². The van der Waals surface area contributed by atoms with Crippen LogP contribution in [0.5, 0.6) is 0 Å². The molecular formula is C10H11BrF2N2O2. The maximum absolute atomic E-state index is 12.4. The third kappa shape index (κ3) is 3.36. The monoisotopic (exact) mass is 308 g/mol. The van der Waals surface area contributed by atoms with Crippen molar-refractivity contribution < 1.29 is 13.7 Å². The quantitative estimate of drug-likeness (QED) is 0.681. The molecule has 0 aliphatic carbocycles. The van der Waals surface area contributed by atoms with Crippen LogP contribution in [0.25, 0.3) is 0 Å². The Morgan fingerprint density at radius 1 is 1.47 bits per heavy atom. The Kier molecular flexibility index (Phi) is 4.39. The van der Waals surface area contributed by atoms with Gasteiger partial charge < -0.3 is 5.32 Å². The molecule has 0 aliphatic heterocycles. The van der Waals surface area contributed by atoms with Gasteiger partial charge in [-0.1, -0.05) is 0 Å². The maximum atomic E-state index is 12.4. The van der Waals surface area contributed by atoms with Crippen LogP contribution in [0.3, 0.4) is 0 Å². The summed E-state index contributed by atoms with van der Waals surface area (Å²) in [4.78, 5) is 10.2. The van der Waals surface area contributed by atoms with E-state index in [2.05, 4.69) is 21.2 Å². The number of aryl methyl sites for hydroxylation is 1. The van der Waals surface area contributed by atoms with Crippen molar-refractivity contribution in [2.75, 3.05) is 5.32 Å². The molecule has 1 unspecified atom stereocenters. The van der Waals surface area contributed by atoms with Gasteiger partial charge in [-0.3, -0.25) is 10.1 Å². The van der Waals surface area contributed by atoms with Gasteiger partial charge in [0, 0.05) is 16.1 Å². The lowest BCUT2D eigenvalue weighted by molar-refractivity contribution is -0.385. The van der Waals surface area contributed by atoms with Crippen molar-refractivity contribution in [2.24, 2.45) is 0 Å². The standard InChI is InChI=1S/C10H11BrF2N2O2/c1-5-3-7(11)8(4-9(5)15(16)17)14-6(2)10(12)13/h3-4,6,10,14H,1-2H3. The van der Waals surface area contributed by atoms with Gasteiger partial charge >= 0.3 is 0 Å². The average Bonchev–Trinajstić information content (AvgIpc) is 2.21. The average molecular weight is 309 g/mol. The number of rotatable bonds is 4. The van der Waals surface area contributed by atoms with Crippen LogP contribution in [0.2, 0.25) is 0 Å². The molecule has 17 heavy (non-hydrogen) atoms. The van der Waals surface area contributed by atoms with Crippen molar-refractivity contribution in [3.05, 3.63) is 32.3 Å². The van der Waals surface area contributed by atoms with E-state index in [0.29, 0.717) is 10.0 Å². The van der Waals surface area contributed by atoms with Crippen LogP contribution < -0.4 is 5.32 Å². The zero-order valence-corrected chi connectivity index (χ0v) is 10.8. The molecule has 4 nitrogen and oxygen atoms in total. The zero-order valence-electron chi connectivity index (χ0n) is 9.21. The van der Waals surface area contributed by atoms with Crippen molar-refractivity contribution in [3.63, 3.8) is 0 Å². The fraction of sp³-hybridized carbons (Fsp3) is 0.400. The first-order valence-electron chi connectivity index (χ1n) is 4.82. The van der Waals surface area contributed by atoms with Crippen LogP contribution in [0.15, 0.2) is 16.6 Å². The van der Waals surface area contributed by atoms with Crippen LogP contribution in [0.1, 0.15) is 12.5 Å². The van der Waals surface area contributed by atoms with Crippen LogP contribution >= 0.6 is 15.9 Å². The van der Waals surface area contributed by atoms with Crippen molar-refractivity contribution in [2.45, 2.75) is 26.3 Å². The Labute approximate surface area is 105 Å². The van der Waals surface area contributed by atoms with Gasteiger partial charge in [-0.05, 0) is 35.8 Å². The van der Waals surface area contributed by atoms with Gasteiger partial charge in [-0.25, -0.2) is 8.78 Å². The molecule has 0 spiro atoms. The number of hydrogen-bond donors (Lipinski definition) is 1. The molecule has 0 aliphatic rings. The van der Waals surface area contributed by atoms with Crippen LogP contribution in [-0.2, 0) is 0 Å². The summed E-state index contributed by atoms with van der Waals surface area (Å²) < 4.78 is 25.3. The summed E-state index contributed by atoms with van der Waals surface area (Å²) in [6.45, 7) is 2.89. The molecule has 0 saturated carbocycles. The lowest BCUT2D eigenvalue weighted by atomic mass is 10.1. The molecule has 0 radical (unpaired) electrons. The highest BCUT2D eigenvalue weighted by molar-refractivity contribution is 9.10. The van der Waals surface area contributed by atoms with Gasteiger partial charge in [-0.15, -0.1) is 0 Å². The number of nitro benzene ring substituents is 1. The molecular weight excluding hydrogens is 298 g/mol. The molecule has 0 fully saturated rings. The number of alkyl halides is 2. The number of anilines is 1. The maximum Gasteiger partial charge on any atom is 0.274 e. The summed E-state index contributed by atoms with van der Waals surface area (Å²) in [5.74, 6) is 0. The minimum absolute atomic E-state index is 0.0998. The molecule has 0 heterocycles. The fourth-order valence-corrected chi connectivity index (χ4v) is 1.85. The summed E-state index contributed by atoms with van der Waals surface area (Å²) >= 11 is 3.18. The van der Waals surface area contributed by atoms with Crippen molar-refractivity contribution in [1.82, 2.24) is 0 Å². The number of hydrogen-bond acceptors (Lipinski definition) is 3. The molecule has 0 aromatic heterocycles. The SMILES string of the molecule is Cc1cc(Br)c(NC(C)C(F)F)cc1[N+](=O)[O-]. The van der Waals surface area contributed by atoms with Gasteiger partial charge in [-0.2, -0.15) is 0 Å². The Balaban J connectivity index is 3.08. The smallest absolute Gasteiger partial charge is 0.274 e. The molecule has 0 bridgehead atoms. The number of halogens is 3. The van der Waals surface area contributed by atoms with E-state index in [9.17, 15) is 18.9 Å². The van der Waals surface area contributed by atoms with Gasteiger partial charge in [0.05, 0.1) is 16.7 Å². The second kappa shape index (κ2) is 5.39. The molecule has 1 aromatic carbocycles. The number of nitro groups is 1. The number of nitrogens with zero attached hydrogens (tertiary/aromatic N) is 1. The lowest BCUT2D eigenvalue weighted by Gasteiger charge is -2.15. The molecule has 1 atom stereocenters. The summed E-state index contributed by atoms with van der Waals surface area (Å²) in [6, 6.07) is 1.70. The predicted molar refractivity (Wildman–Crippen MR) is 64.6 cm³/mol. The second-order valence-corrected chi connectivity index (χ2v) is 4.50. The van der Waals surface area contributed by atoms with E-state index in [1.807, 2.05) is 0 Å². The molecule has 94 valence electrons. The van der Waals surface area contributed by atoms with Gasteiger partial charge in [0.2, 0.25) is 0 Å². The van der Waals surface area contributed by atoms with Gasteiger partial charge in [0.1, 0.15) is 0 Å². The van der Waals surface area contributed by atoms with Crippen molar-refractivity contribution in [3.8, 4) is 0 Å². The zero-order chi connectivity index (χ0) is 13.2. The van der Waals surface area contributed by atoms with Gasteiger partial charge in [0.15, 0.2) is 0 Å². The normalized spacial score (nSPS) is 12.6. The van der Waals surface area contributed by atoms with E-state index in [4.69, 9.17) is 0 Å². The third-order valence-electron chi connectivity index (χ3n) is 2.24. The molecule has 1 aromatic rings. The number of nitrogens with one attached hydrogen (secondary N) is 1. The van der Waals surface area contributed by atoms with E-state index >= 15 is 0 Å². The third-order valence-corrected chi connectivity index (χ3v) is 2.90. The summed E-state index contributed by atoms with van der Waals surface area (Å²) in [5.41, 5.74) is 0.657. The van der Waals surface area contributed by atoms with E-state index in [-0.39, 0.29) is 11.4 Å². The van der Waals surface area contributed by atoms with Crippen LogP contribution in [0, 0.1) is 17.0 Å². The summed E-state index contributed by atoms with van der Waals surface area (Å²) in [7, 11) is 0. The summed E-state index contributed by atoms with van der Waals surface area (Å²) in [6.07, 6.45) is -2.54. The first-order valence-corrected chi connectivity index (χ1v) is 5.61. The predicted octanol–water partition coefficient (Wildman–Crippen LogP) is 3.73. The second-order valence-electron chi connectivity index (χ2n) is 3.64. The lowest BCUT2D eigenvalue weighted by Crippen LogP contribution is -2.24. The largest absolute Gasteiger partial charge is 0.376 e. The van der Waals surface area contributed by atoms with Crippen molar-refractivity contribution >= 4 is 27.3 Å². The highest BCUT2D eigenvalue weighted by Crippen LogP contribution is 2.31. The van der Waals surface area contributed by atoms with Crippen LogP contribution in [0.4, 0.5) is 20.2 Å². The summed E-state index contributed by atoms with van der Waals surface area (Å²) in [5, 5.41) is 13.3. The Hall–Kier alpha value is -1.24. The Bertz CT molecular complexity index is 441. The number of benzene rings is 1. The van der Waals surface area contributed by atoms with E-state index in [0.717, 1.165) is 0 Å². The highest BCUT2D eigenvalue weighted by Gasteiger charge is 2.19. The molecule has 0 saturated heterocycles. The molecule has 7 heteroatoms. The first-order chi connectivity index (χ1) is 7.82. The molecule has 1 N–H and O–H groups in total. The minimum atomic E-state index is -2.54. The Morgan fingerprint density at radius 3 is 2.53 bits per heavy atom. The van der Waals surface area contributed by atoms with E-state index in [1.165, 1.54) is 19.1 Å². The van der Waals surface area contributed by atoms with E-state index < -0.39 is 17.4 Å². The Morgan fingerprint density at radius 2 is 2.06 bits per heavy atom. The molecule has 0 amide bonds.